The van der Waals surface area contributed by atoms with Crippen LogP contribution in [-0.4, -0.2) is 69.3 Å². The number of carboxylic acids is 1. The maximum absolute atomic E-state index is 12.6. The van der Waals surface area contributed by atoms with Gasteiger partial charge in [-0.2, -0.15) is 0 Å². The van der Waals surface area contributed by atoms with Crippen LogP contribution in [-0.2, 0) is 36.8 Å². The Labute approximate surface area is 194 Å². The normalized spacial score (nSPS) is 13.2. The molecule has 0 spiro atoms. The van der Waals surface area contributed by atoms with Crippen LogP contribution in [0.1, 0.15) is 17.7 Å². The molecule has 1 aromatic carbocycles. The molecule has 0 bridgehead atoms. The zero-order valence-corrected chi connectivity index (χ0v) is 18.2. The quantitative estimate of drug-likeness (QED) is 0.165. The monoisotopic (exact) mass is 473 g/mol. The van der Waals surface area contributed by atoms with E-state index in [4.69, 9.17) is 11.5 Å². The van der Waals surface area contributed by atoms with E-state index >= 15 is 0 Å². The number of nitrogens with two attached hydrogens (primary N) is 2. The molecule has 9 N–H and O–H groups in total. The van der Waals surface area contributed by atoms with Crippen molar-refractivity contribution in [3.8, 4) is 0 Å². The van der Waals surface area contributed by atoms with Crippen LogP contribution in [0.25, 0.3) is 0 Å². The van der Waals surface area contributed by atoms with Crippen LogP contribution in [0.3, 0.4) is 0 Å². The van der Waals surface area contributed by atoms with Gasteiger partial charge in [0.1, 0.15) is 12.1 Å². The number of nitrogens with one attached hydrogen (secondary N) is 4. The fourth-order valence-corrected chi connectivity index (χ4v) is 3.00. The number of carbonyl (C=O) groups is 5. The van der Waals surface area contributed by atoms with Gasteiger partial charge in [0, 0.05) is 18.3 Å². The molecule has 3 atom stereocenters. The Hall–Kier alpha value is -4.26. The highest BCUT2D eigenvalue weighted by Gasteiger charge is 2.28. The first-order valence-electron chi connectivity index (χ1n) is 10.3. The summed E-state index contributed by atoms with van der Waals surface area (Å²) in [5, 5.41) is 16.3. The smallest absolute Gasteiger partial charge is 0.326 e. The second kappa shape index (κ2) is 12.7. The summed E-state index contributed by atoms with van der Waals surface area (Å²) in [5.74, 6) is -4.52. The second-order valence-electron chi connectivity index (χ2n) is 7.48. The highest BCUT2D eigenvalue weighted by Crippen LogP contribution is 2.03. The molecule has 182 valence electrons. The Kier molecular flexibility index (Phi) is 9.71. The molecule has 0 fully saturated rings. The molecule has 0 radical (unpaired) electrons. The summed E-state index contributed by atoms with van der Waals surface area (Å²) in [7, 11) is 0. The Morgan fingerprint density at radius 3 is 2.29 bits per heavy atom. The second-order valence-corrected chi connectivity index (χ2v) is 7.48. The third kappa shape index (κ3) is 8.70. The zero-order valence-electron chi connectivity index (χ0n) is 18.2. The molecule has 34 heavy (non-hydrogen) atoms. The molecular weight excluding hydrogens is 446 g/mol. The van der Waals surface area contributed by atoms with E-state index in [1.807, 2.05) is 18.2 Å². The lowest BCUT2D eigenvalue weighted by molar-refractivity contribution is -0.142. The summed E-state index contributed by atoms with van der Waals surface area (Å²) in [5.41, 5.74) is 12.3. The number of hydrogen-bond donors (Lipinski definition) is 7. The molecule has 0 aliphatic rings. The van der Waals surface area contributed by atoms with Crippen LogP contribution in [0.4, 0.5) is 0 Å². The number of hydrogen-bond acceptors (Lipinski definition) is 7. The number of primary amides is 1. The summed E-state index contributed by atoms with van der Waals surface area (Å²) in [6.45, 7) is -0.514. The van der Waals surface area contributed by atoms with Gasteiger partial charge >= 0.3 is 5.97 Å². The highest BCUT2D eigenvalue weighted by molar-refractivity contribution is 5.95. The predicted octanol–water partition coefficient (Wildman–Crippen LogP) is -2.43. The first-order valence-corrected chi connectivity index (χ1v) is 10.3. The fourth-order valence-electron chi connectivity index (χ4n) is 3.00. The van der Waals surface area contributed by atoms with Gasteiger partial charge in [-0.1, -0.05) is 30.3 Å². The molecule has 3 unspecified atom stereocenters. The van der Waals surface area contributed by atoms with Gasteiger partial charge in [0.15, 0.2) is 0 Å². The van der Waals surface area contributed by atoms with Crippen molar-refractivity contribution in [3.05, 3.63) is 54.1 Å². The first kappa shape index (κ1) is 26.0. The van der Waals surface area contributed by atoms with E-state index in [0.29, 0.717) is 5.69 Å². The minimum atomic E-state index is -1.44. The molecule has 0 saturated carbocycles. The molecule has 13 nitrogen and oxygen atoms in total. The molecule has 0 aliphatic heterocycles. The number of nitrogens with zero attached hydrogens (tertiary/aromatic N) is 1. The summed E-state index contributed by atoms with van der Waals surface area (Å²) in [6.07, 6.45) is 2.33. The van der Waals surface area contributed by atoms with Crippen molar-refractivity contribution in [1.29, 1.82) is 0 Å². The van der Waals surface area contributed by atoms with Gasteiger partial charge in [-0.25, -0.2) is 9.78 Å². The minimum absolute atomic E-state index is 0.104. The van der Waals surface area contributed by atoms with E-state index in [2.05, 4.69) is 25.9 Å². The number of carboxylic acid groups (broad SMARTS) is 1. The molecule has 1 heterocycles. The molecule has 13 heteroatoms. The summed E-state index contributed by atoms with van der Waals surface area (Å²) in [4.78, 5) is 66.4. The van der Waals surface area contributed by atoms with Crippen LogP contribution < -0.4 is 27.4 Å². The number of carbonyl (C=O) groups excluding carboxylic acids is 4. The topological polar surface area (TPSA) is 222 Å². The third-order valence-electron chi connectivity index (χ3n) is 4.71. The molecule has 2 aromatic rings. The minimum Gasteiger partial charge on any atom is -0.480 e. The van der Waals surface area contributed by atoms with E-state index in [-0.39, 0.29) is 12.8 Å². The fraction of sp³-hybridized carbons (Fsp3) is 0.333. The largest absolute Gasteiger partial charge is 0.480 e. The number of rotatable bonds is 13. The Morgan fingerprint density at radius 2 is 1.71 bits per heavy atom. The van der Waals surface area contributed by atoms with Gasteiger partial charge in [-0.05, 0) is 12.0 Å². The van der Waals surface area contributed by atoms with Crippen molar-refractivity contribution in [2.45, 2.75) is 37.4 Å². The third-order valence-corrected chi connectivity index (χ3v) is 4.71. The zero-order chi connectivity index (χ0) is 25.1. The van der Waals surface area contributed by atoms with Crippen LogP contribution in [0.5, 0.6) is 0 Å². The summed E-state index contributed by atoms with van der Waals surface area (Å²) in [6, 6.07) is 5.36. The van der Waals surface area contributed by atoms with Crippen molar-refractivity contribution >= 4 is 29.6 Å². The molecular formula is C21H27N7O6. The van der Waals surface area contributed by atoms with E-state index in [9.17, 15) is 29.1 Å². The molecule has 2 rings (SSSR count). The van der Waals surface area contributed by atoms with Crippen molar-refractivity contribution < 1.29 is 29.1 Å². The number of H-pyrrole nitrogens is 1. The standard InChI is InChI=1S/C21H27N7O6/c22-14(6-12-4-2-1-3-5-12)19(31)25-10-18(30)27-15(8-17(23)29)20(32)28-16(21(33)34)7-13-9-24-11-26-13/h1-5,9,11,14-16H,6-8,10,22H2,(H2,23,29)(H,24,26)(H,25,31)(H,27,30)(H,28,32)(H,33,34). The molecule has 1 aromatic heterocycles. The van der Waals surface area contributed by atoms with E-state index < -0.39 is 60.7 Å². The maximum atomic E-state index is 12.6. The van der Waals surface area contributed by atoms with Gasteiger partial charge in [0.05, 0.1) is 25.3 Å². The number of imidazole rings is 1. The van der Waals surface area contributed by atoms with Gasteiger partial charge in [-0.3, -0.25) is 19.2 Å². The lowest BCUT2D eigenvalue weighted by Gasteiger charge is -2.21. The number of benzene rings is 1. The van der Waals surface area contributed by atoms with Gasteiger partial charge in [0.2, 0.25) is 23.6 Å². The summed E-state index contributed by atoms with van der Waals surface area (Å²) >= 11 is 0. The number of aromatic amines is 1. The Bertz CT molecular complexity index is 996. The van der Waals surface area contributed by atoms with Crippen LogP contribution in [0.2, 0.25) is 0 Å². The Morgan fingerprint density at radius 1 is 1.00 bits per heavy atom. The predicted molar refractivity (Wildman–Crippen MR) is 119 cm³/mol. The lowest BCUT2D eigenvalue weighted by atomic mass is 10.1. The van der Waals surface area contributed by atoms with E-state index in [1.165, 1.54) is 12.5 Å². The van der Waals surface area contributed by atoms with Gasteiger partial charge in [0.25, 0.3) is 0 Å². The van der Waals surface area contributed by atoms with Crippen molar-refractivity contribution in [3.63, 3.8) is 0 Å². The van der Waals surface area contributed by atoms with Crippen LogP contribution >= 0.6 is 0 Å². The lowest BCUT2D eigenvalue weighted by Crippen LogP contribution is -2.55. The maximum Gasteiger partial charge on any atom is 0.326 e. The highest BCUT2D eigenvalue weighted by atomic mass is 16.4. The summed E-state index contributed by atoms with van der Waals surface area (Å²) < 4.78 is 0. The number of aromatic nitrogens is 2. The van der Waals surface area contributed by atoms with Crippen molar-refractivity contribution in [2.75, 3.05) is 6.54 Å². The van der Waals surface area contributed by atoms with Crippen molar-refractivity contribution in [1.82, 2.24) is 25.9 Å². The Balaban J connectivity index is 1.91. The van der Waals surface area contributed by atoms with E-state index in [0.717, 1.165) is 5.56 Å². The number of aliphatic carboxylic acids is 1. The molecule has 4 amide bonds. The van der Waals surface area contributed by atoms with Crippen LogP contribution in [0, 0.1) is 0 Å². The van der Waals surface area contributed by atoms with E-state index in [1.54, 1.807) is 12.1 Å². The first-order chi connectivity index (χ1) is 16.2. The molecule has 0 aliphatic carbocycles. The van der Waals surface area contributed by atoms with Crippen molar-refractivity contribution in [2.24, 2.45) is 11.5 Å². The number of amides is 4. The van der Waals surface area contributed by atoms with Crippen LogP contribution in [0.15, 0.2) is 42.9 Å². The average Bonchev–Trinajstić information content (AvgIpc) is 3.30. The van der Waals surface area contributed by atoms with Gasteiger partial charge < -0.3 is 37.5 Å². The SMILES string of the molecule is NC(=O)CC(NC(=O)CNC(=O)C(N)Cc1ccccc1)C(=O)NC(Cc1cnc[nH]1)C(=O)O. The van der Waals surface area contributed by atoms with Gasteiger partial charge in [-0.15, -0.1) is 0 Å². The molecule has 0 saturated heterocycles. The average molecular weight is 473 g/mol.